The normalized spacial score (nSPS) is 11.8. The third-order valence-corrected chi connectivity index (χ3v) is 5.62. The van der Waals surface area contributed by atoms with Gasteiger partial charge < -0.3 is 5.32 Å². The molecular formula is C20H15N7O2S. The average molecular weight is 417 g/mol. The van der Waals surface area contributed by atoms with Crippen LogP contribution >= 0.6 is 0 Å². The quantitative estimate of drug-likeness (QED) is 0.382. The van der Waals surface area contributed by atoms with Crippen LogP contribution in [-0.4, -0.2) is 33.6 Å². The van der Waals surface area contributed by atoms with E-state index in [0.717, 1.165) is 21.7 Å². The first-order valence-electron chi connectivity index (χ1n) is 8.93. The molecule has 0 radical (unpaired) electrons. The number of nitrogens with two attached hydrogens (primary N) is 1. The van der Waals surface area contributed by atoms with Gasteiger partial charge in [0.25, 0.3) is 0 Å². The number of benzene rings is 2. The van der Waals surface area contributed by atoms with Crippen LogP contribution in [0.15, 0.2) is 72.1 Å². The first-order chi connectivity index (χ1) is 14.5. The standard InChI is InChI=1S/C20H15N7O2S/c21-30(28,29)13-4-1-3-12(9-13)25-20-15-7-8-22-10-17(15)14-5-2-6-16(18(14)26-20)19-23-11-24-27-19/h1-11H,(H,25,26)(H2,21,28,29)(H,23,24,27). The highest BCUT2D eigenvalue weighted by atomic mass is 32.2. The molecular weight excluding hydrogens is 402 g/mol. The molecule has 0 spiro atoms. The zero-order valence-corrected chi connectivity index (χ0v) is 16.3. The van der Waals surface area contributed by atoms with Crippen LogP contribution in [0.3, 0.4) is 0 Å². The van der Waals surface area contributed by atoms with E-state index in [-0.39, 0.29) is 4.90 Å². The van der Waals surface area contributed by atoms with Gasteiger partial charge in [-0.2, -0.15) is 5.10 Å². The molecule has 5 rings (SSSR count). The van der Waals surface area contributed by atoms with E-state index >= 15 is 0 Å². The van der Waals surface area contributed by atoms with Crippen molar-refractivity contribution in [1.29, 1.82) is 0 Å². The molecule has 30 heavy (non-hydrogen) atoms. The number of pyridine rings is 2. The van der Waals surface area contributed by atoms with Crippen LogP contribution in [0, 0.1) is 0 Å². The molecule has 0 aliphatic heterocycles. The monoisotopic (exact) mass is 417 g/mol. The lowest BCUT2D eigenvalue weighted by Gasteiger charge is -2.13. The zero-order chi connectivity index (χ0) is 20.7. The van der Waals surface area contributed by atoms with Crippen LogP contribution in [0.1, 0.15) is 0 Å². The lowest BCUT2D eigenvalue weighted by atomic mass is 10.0. The van der Waals surface area contributed by atoms with Crippen molar-refractivity contribution in [2.75, 3.05) is 5.32 Å². The van der Waals surface area contributed by atoms with Crippen molar-refractivity contribution in [3.8, 4) is 11.4 Å². The van der Waals surface area contributed by atoms with Gasteiger partial charge in [0.2, 0.25) is 10.0 Å². The van der Waals surface area contributed by atoms with Gasteiger partial charge in [-0.15, -0.1) is 0 Å². The van der Waals surface area contributed by atoms with Crippen LogP contribution in [0.25, 0.3) is 33.1 Å². The fourth-order valence-corrected chi connectivity index (χ4v) is 3.93. The number of hydrogen-bond donors (Lipinski definition) is 3. The summed E-state index contributed by atoms with van der Waals surface area (Å²) >= 11 is 0. The smallest absolute Gasteiger partial charge is 0.238 e. The number of H-pyrrole nitrogens is 1. The van der Waals surface area contributed by atoms with E-state index in [9.17, 15) is 8.42 Å². The number of hydrogen-bond acceptors (Lipinski definition) is 7. The maximum Gasteiger partial charge on any atom is 0.238 e. The number of aromatic nitrogens is 5. The van der Waals surface area contributed by atoms with E-state index in [1.54, 1.807) is 24.5 Å². The van der Waals surface area contributed by atoms with Crippen molar-refractivity contribution in [2.45, 2.75) is 4.90 Å². The molecule has 0 aliphatic carbocycles. The zero-order valence-electron chi connectivity index (χ0n) is 15.4. The van der Waals surface area contributed by atoms with Gasteiger partial charge >= 0.3 is 0 Å². The lowest BCUT2D eigenvalue weighted by Crippen LogP contribution is -2.12. The number of para-hydroxylation sites is 1. The molecule has 3 aromatic heterocycles. The fourth-order valence-electron chi connectivity index (χ4n) is 3.37. The third kappa shape index (κ3) is 3.13. The number of rotatable bonds is 4. The van der Waals surface area contributed by atoms with E-state index < -0.39 is 10.0 Å². The van der Waals surface area contributed by atoms with Crippen LogP contribution in [0.2, 0.25) is 0 Å². The first kappa shape index (κ1) is 18.2. The Bertz CT molecular complexity index is 1500. The van der Waals surface area contributed by atoms with Gasteiger partial charge in [0, 0.05) is 39.8 Å². The van der Waals surface area contributed by atoms with Crippen molar-refractivity contribution in [1.82, 2.24) is 25.1 Å². The summed E-state index contributed by atoms with van der Waals surface area (Å²) in [5.41, 5.74) is 2.01. The van der Waals surface area contributed by atoms with Crippen molar-refractivity contribution in [2.24, 2.45) is 5.14 Å². The number of aromatic amines is 1. The van der Waals surface area contributed by atoms with E-state index in [1.807, 2.05) is 24.3 Å². The minimum absolute atomic E-state index is 0.0145. The van der Waals surface area contributed by atoms with Gasteiger partial charge in [-0.3, -0.25) is 10.1 Å². The van der Waals surface area contributed by atoms with Gasteiger partial charge in [0.1, 0.15) is 12.1 Å². The van der Waals surface area contributed by atoms with E-state index in [2.05, 4.69) is 25.5 Å². The Morgan fingerprint density at radius 2 is 1.87 bits per heavy atom. The summed E-state index contributed by atoms with van der Waals surface area (Å²) in [6.45, 7) is 0. The number of sulfonamides is 1. The molecule has 0 fully saturated rings. The summed E-state index contributed by atoms with van der Waals surface area (Å²) in [4.78, 5) is 13.4. The Kier molecular flexibility index (Phi) is 4.16. The van der Waals surface area contributed by atoms with Crippen LogP contribution in [-0.2, 0) is 10.0 Å². The van der Waals surface area contributed by atoms with Crippen molar-refractivity contribution >= 4 is 43.2 Å². The van der Waals surface area contributed by atoms with Gasteiger partial charge in [-0.1, -0.05) is 18.2 Å². The Labute approximate surface area is 171 Å². The maximum atomic E-state index is 11.7. The molecule has 3 heterocycles. The van der Waals surface area contributed by atoms with Crippen LogP contribution in [0.4, 0.5) is 11.5 Å². The number of anilines is 2. The molecule has 5 aromatic rings. The Balaban J connectivity index is 1.74. The maximum absolute atomic E-state index is 11.7. The predicted octanol–water partition coefficient (Wildman–Crippen LogP) is 2.96. The Morgan fingerprint density at radius 3 is 2.67 bits per heavy atom. The number of nitrogens with zero attached hydrogens (tertiary/aromatic N) is 4. The number of primary sulfonamides is 1. The van der Waals surface area contributed by atoms with E-state index in [0.29, 0.717) is 22.8 Å². The molecule has 9 nitrogen and oxygen atoms in total. The van der Waals surface area contributed by atoms with Crippen molar-refractivity contribution in [3.63, 3.8) is 0 Å². The second-order valence-electron chi connectivity index (χ2n) is 6.60. The lowest BCUT2D eigenvalue weighted by molar-refractivity contribution is 0.598. The molecule has 2 aromatic carbocycles. The van der Waals surface area contributed by atoms with E-state index in [4.69, 9.17) is 10.1 Å². The van der Waals surface area contributed by atoms with Gasteiger partial charge in [0.05, 0.1) is 10.4 Å². The second kappa shape index (κ2) is 6.87. The summed E-state index contributed by atoms with van der Waals surface area (Å²) in [5.74, 6) is 1.08. The third-order valence-electron chi connectivity index (χ3n) is 4.71. The first-order valence-corrected chi connectivity index (χ1v) is 10.5. The molecule has 0 unspecified atom stereocenters. The topological polar surface area (TPSA) is 140 Å². The highest BCUT2D eigenvalue weighted by Crippen LogP contribution is 2.34. The molecule has 0 saturated carbocycles. The highest BCUT2D eigenvalue weighted by Gasteiger charge is 2.15. The van der Waals surface area contributed by atoms with Gasteiger partial charge in [0.15, 0.2) is 5.82 Å². The summed E-state index contributed by atoms with van der Waals surface area (Å²) in [7, 11) is -3.82. The second-order valence-corrected chi connectivity index (χ2v) is 8.17. The molecule has 0 amide bonds. The number of fused-ring (bicyclic) bond motifs is 3. The predicted molar refractivity (Wildman–Crippen MR) is 114 cm³/mol. The highest BCUT2D eigenvalue weighted by molar-refractivity contribution is 7.89. The molecule has 148 valence electrons. The van der Waals surface area contributed by atoms with Gasteiger partial charge in [-0.05, 0) is 30.3 Å². The minimum atomic E-state index is -3.82. The van der Waals surface area contributed by atoms with Crippen LogP contribution in [0.5, 0.6) is 0 Å². The fraction of sp³-hybridized carbons (Fsp3) is 0. The SMILES string of the molecule is NS(=O)(=O)c1cccc(Nc2nc3c(-c4nc[nH]n4)cccc3c3cnccc23)c1. The molecule has 0 atom stereocenters. The van der Waals surface area contributed by atoms with Gasteiger partial charge in [-0.25, -0.2) is 23.5 Å². The Hall–Kier alpha value is -3.89. The van der Waals surface area contributed by atoms with E-state index in [1.165, 1.54) is 18.5 Å². The minimum Gasteiger partial charge on any atom is -0.340 e. The summed E-state index contributed by atoms with van der Waals surface area (Å²) in [6.07, 6.45) is 4.96. The molecule has 10 heteroatoms. The van der Waals surface area contributed by atoms with Crippen LogP contribution < -0.4 is 10.5 Å². The molecule has 4 N–H and O–H groups in total. The largest absolute Gasteiger partial charge is 0.340 e. The average Bonchev–Trinajstić information content (AvgIpc) is 3.28. The molecule has 0 bridgehead atoms. The Morgan fingerprint density at radius 1 is 1.00 bits per heavy atom. The summed E-state index contributed by atoms with van der Waals surface area (Å²) in [6, 6.07) is 13.9. The van der Waals surface area contributed by atoms with Crippen molar-refractivity contribution in [3.05, 3.63) is 67.3 Å². The molecule has 0 saturated heterocycles. The number of nitrogens with one attached hydrogen (secondary N) is 2. The van der Waals surface area contributed by atoms with Crippen molar-refractivity contribution < 1.29 is 8.42 Å². The summed E-state index contributed by atoms with van der Waals surface area (Å²) in [5, 5.41) is 18.0. The summed E-state index contributed by atoms with van der Waals surface area (Å²) < 4.78 is 23.4. The molecule has 0 aliphatic rings.